The molecule has 110 valence electrons. The third-order valence-corrected chi connectivity index (χ3v) is 4.57. The van der Waals surface area contributed by atoms with Gasteiger partial charge in [-0.25, -0.2) is 4.39 Å². The molecule has 0 radical (unpaired) electrons. The molecule has 2 unspecified atom stereocenters. The van der Waals surface area contributed by atoms with E-state index in [1.54, 1.807) is 0 Å². The summed E-state index contributed by atoms with van der Waals surface area (Å²) in [5, 5.41) is 3.39. The molecule has 1 aromatic rings. The topological polar surface area (TPSA) is 29.1 Å². The average Bonchev–Trinajstić information content (AvgIpc) is 2.59. The first-order chi connectivity index (χ1) is 9.24. The Bertz CT molecular complexity index is 547. The van der Waals surface area contributed by atoms with Crippen LogP contribution >= 0.6 is 23.2 Å². The Balaban J connectivity index is 2.47. The van der Waals surface area contributed by atoms with Crippen LogP contribution in [0.15, 0.2) is 12.1 Å². The zero-order valence-corrected chi connectivity index (χ0v) is 13.3. The van der Waals surface area contributed by atoms with Gasteiger partial charge >= 0.3 is 0 Å². The van der Waals surface area contributed by atoms with Crippen LogP contribution in [0.4, 0.5) is 4.39 Å². The zero-order valence-electron chi connectivity index (χ0n) is 11.8. The summed E-state index contributed by atoms with van der Waals surface area (Å²) < 4.78 is 13.8. The van der Waals surface area contributed by atoms with Gasteiger partial charge in [0.05, 0.1) is 5.02 Å². The van der Waals surface area contributed by atoms with Crippen LogP contribution in [0.5, 0.6) is 0 Å². The van der Waals surface area contributed by atoms with Crippen molar-refractivity contribution in [2.24, 2.45) is 5.92 Å². The van der Waals surface area contributed by atoms with Crippen molar-refractivity contribution in [2.45, 2.75) is 45.1 Å². The summed E-state index contributed by atoms with van der Waals surface area (Å²) in [7, 11) is 0. The minimum absolute atomic E-state index is 0.0000391. The molecule has 0 saturated carbocycles. The highest BCUT2D eigenvalue weighted by molar-refractivity contribution is 6.35. The molecule has 20 heavy (non-hydrogen) atoms. The third kappa shape index (κ3) is 2.79. The molecule has 1 amide bonds. The molecule has 0 bridgehead atoms. The third-order valence-electron chi connectivity index (χ3n) is 3.96. The Hall–Kier alpha value is -0.800. The molecule has 1 saturated heterocycles. The van der Waals surface area contributed by atoms with Crippen LogP contribution in [0.3, 0.4) is 0 Å². The molecule has 1 aliphatic heterocycles. The minimum atomic E-state index is -0.510. The zero-order chi connectivity index (χ0) is 15.1. The predicted molar refractivity (Wildman–Crippen MR) is 79.8 cm³/mol. The molecule has 1 aliphatic rings. The van der Waals surface area contributed by atoms with Gasteiger partial charge in [-0.2, -0.15) is 0 Å². The van der Waals surface area contributed by atoms with Gasteiger partial charge in [0.15, 0.2) is 0 Å². The van der Waals surface area contributed by atoms with Crippen molar-refractivity contribution >= 4 is 29.1 Å². The molecule has 2 nitrogen and oxygen atoms in total. The number of hydrogen-bond acceptors (Lipinski definition) is 1. The summed E-state index contributed by atoms with van der Waals surface area (Å²) in [4.78, 5) is 11.8. The first-order valence-electron chi connectivity index (χ1n) is 6.68. The number of benzene rings is 1. The van der Waals surface area contributed by atoms with Crippen LogP contribution in [0.2, 0.25) is 10.0 Å². The van der Waals surface area contributed by atoms with E-state index in [0.717, 1.165) is 6.42 Å². The van der Waals surface area contributed by atoms with E-state index in [1.807, 2.05) is 6.92 Å². The van der Waals surface area contributed by atoms with E-state index < -0.39 is 11.2 Å². The fourth-order valence-corrected chi connectivity index (χ4v) is 3.49. The number of rotatable bonds is 3. The standard InChI is InChI=1S/C15H18Cl2FNO/c1-8(2)4-13-15(3,7-14(20)19-13)9-5-12(18)11(17)6-10(9)16/h5-6,8,13H,4,7H2,1-3H3,(H,19,20). The van der Waals surface area contributed by atoms with Crippen LogP contribution < -0.4 is 5.32 Å². The van der Waals surface area contributed by atoms with Gasteiger partial charge in [-0.15, -0.1) is 0 Å². The molecule has 2 atom stereocenters. The van der Waals surface area contributed by atoms with Gasteiger partial charge in [0, 0.05) is 22.9 Å². The Morgan fingerprint density at radius 2 is 2.05 bits per heavy atom. The molecule has 0 spiro atoms. The molecule has 1 heterocycles. The Morgan fingerprint density at radius 3 is 2.65 bits per heavy atom. The lowest BCUT2D eigenvalue weighted by Crippen LogP contribution is -2.39. The second-order valence-corrected chi connectivity index (χ2v) is 6.90. The molecule has 0 aliphatic carbocycles. The number of carbonyl (C=O) groups is 1. The van der Waals surface area contributed by atoms with E-state index in [2.05, 4.69) is 19.2 Å². The molecular formula is C15H18Cl2FNO. The van der Waals surface area contributed by atoms with Gasteiger partial charge in [-0.05, 0) is 30.0 Å². The van der Waals surface area contributed by atoms with E-state index in [0.29, 0.717) is 22.9 Å². The maximum atomic E-state index is 13.8. The maximum absolute atomic E-state index is 13.8. The first kappa shape index (κ1) is 15.6. The highest BCUT2D eigenvalue weighted by Gasteiger charge is 2.45. The fraction of sp³-hybridized carbons (Fsp3) is 0.533. The highest BCUT2D eigenvalue weighted by atomic mass is 35.5. The summed E-state index contributed by atoms with van der Waals surface area (Å²) >= 11 is 12.0. The number of nitrogens with one attached hydrogen (secondary N) is 1. The van der Waals surface area contributed by atoms with Crippen molar-refractivity contribution in [3.05, 3.63) is 33.6 Å². The summed E-state index contributed by atoms with van der Waals surface area (Å²) in [6, 6.07) is 2.72. The summed E-state index contributed by atoms with van der Waals surface area (Å²) in [5.74, 6) is -0.104. The van der Waals surface area contributed by atoms with Gasteiger partial charge in [-0.1, -0.05) is 44.0 Å². The Morgan fingerprint density at radius 1 is 1.40 bits per heavy atom. The molecule has 5 heteroatoms. The van der Waals surface area contributed by atoms with Crippen LogP contribution in [-0.4, -0.2) is 11.9 Å². The smallest absolute Gasteiger partial charge is 0.221 e. The monoisotopic (exact) mass is 317 g/mol. The van der Waals surface area contributed by atoms with Crippen molar-refractivity contribution in [1.29, 1.82) is 0 Å². The number of hydrogen-bond donors (Lipinski definition) is 1. The quantitative estimate of drug-likeness (QED) is 0.826. The van der Waals surface area contributed by atoms with Gasteiger partial charge in [0.25, 0.3) is 0 Å². The molecule has 1 aromatic carbocycles. The maximum Gasteiger partial charge on any atom is 0.221 e. The summed E-state index contributed by atoms with van der Waals surface area (Å²) in [6.45, 7) is 6.14. The lowest BCUT2D eigenvalue weighted by atomic mass is 9.73. The van der Waals surface area contributed by atoms with E-state index in [9.17, 15) is 9.18 Å². The highest BCUT2D eigenvalue weighted by Crippen LogP contribution is 2.42. The SMILES string of the molecule is CC(C)CC1NC(=O)CC1(C)c1cc(F)c(Cl)cc1Cl. The van der Waals surface area contributed by atoms with Crippen LogP contribution in [0.1, 0.15) is 39.2 Å². The molecule has 2 rings (SSSR count). The van der Waals surface area contributed by atoms with Crippen molar-refractivity contribution in [3.63, 3.8) is 0 Å². The van der Waals surface area contributed by atoms with Gasteiger partial charge in [0.2, 0.25) is 5.91 Å². The summed E-state index contributed by atoms with van der Waals surface area (Å²) in [5.41, 5.74) is 0.134. The second-order valence-electron chi connectivity index (χ2n) is 6.09. The summed E-state index contributed by atoms with van der Waals surface area (Å²) in [6.07, 6.45) is 1.13. The first-order valence-corrected chi connectivity index (χ1v) is 7.44. The van der Waals surface area contributed by atoms with Crippen LogP contribution in [0.25, 0.3) is 0 Å². The van der Waals surface area contributed by atoms with E-state index >= 15 is 0 Å². The van der Waals surface area contributed by atoms with Crippen LogP contribution in [0, 0.1) is 11.7 Å². The minimum Gasteiger partial charge on any atom is -0.352 e. The van der Waals surface area contributed by atoms with Crippen molar-refractivity contribution in [3.8, 4) is 0 Å². The van der Waals surface area contributed by atoms with Crippen molar-refractivity contribution < 1.29 is 9.18 Å². The second kappa shape index (κ2) is 5.53. The van der Waals surface area contributed by atoms with E-state index in [4.69, 9.17) is 23.2 Å². The Labute approximate surface area is 128 Å². The lowest BCUT2D eigenvalue weighted by Gasteiger charge is -2.32. The predicted octanol–water partition coefficient (Wildman–Crippen LogP) is 4.32. The van der Waals surface area contributed by atoms with Crippen molar-refractivity contribution in [1.82, 2.24) is 5.32 Å². The van der Waals surface area contributed by atoms with E-state index in [1.165, 1.54) is 12.1 Å². The van der Waals surface area contributed by atoms with Crippen molar-refractivity contribution in [2.75, 3.05) is 0 Å². The fourth-order valence-electron chi connectivity index (χ4n) is 2.89. The van der Waals surface area contributed by atoms with Gasteiger partial charge in [-0.3, -0.25) is 4.79 Å². The van der Waals surface area contributed by atoms with Gasteiger partial charge < -0.3 is 5.32 Å². The lowest BCUT2D eigenvalue weighted by molar-refractivity contribution is -0.119. The molecule has 1 N–H and O–H groups in total. The molecule has 0 aromatic heterocycles. The van der Waals surface area contributed by atoms with Gasteiger partial charge in [0.1, 0.15) is 5.82 Å². The number of carbonyl (C=O) groups excluding carboxylic acids is 1. The Kier molecular flexibility index (Phi) is 4.31. The number of amides is 1. The van der Waals surface area contributed by atoms with Crippen LogP contribution in [-0.2, 0) is 10.2 Å². The van der Waals surface area contributed by atoms with E-state index in [-0.39, 0.29) is 17.0 Å². The largest absolute Gasteiger partial charge is 0.352 e. The normalized spacial score (nSPS) is 26.1. The number of halogens is 3. The molecular weight excluding hydrogens is 300 g/mol. The molecule has 1 fully saturated rings. The average molecular weight is 318 g/mol.